The van der Waals surface area contributed by atoms with Crippen molar-refractivity contribution >= 4 is 5.97 Å². The first-order chi connectivity index (χ1) is 6.20. The zero-order valence-corrected chi connectivity index (χ0v) is 9.14. The Morgan fingerprint density at radius 2 is 1.92 bits per heavy atom. The fourth-order valence-electron chi connectivity index (χ4n) is 1.45. The number of carbonyl (C=O) groups excluding carboxylic acids is 1. The lowest BCUT2D eigenvalue weighted by atomic mass is 9.98. The Balaban J connectivity index is 3.59. The molecule has 0 saturated carbocycles. The van der Waals surface area contributed by atoms with Crippen molar-refractivity contribution in [3.8, 4) is 0 Å². The van der Waals surface area contributed by atoms with Crippen molar-refractivity contribution in [3.05, 3.63) is 0 Å². The van der Waals surface area contributed by atoms with Gasteiger partial charge < -0.3 is 4.74 Å². The molecule has 1 atom stereocenters. The van der Waals surface area contributed by atoms with Crippen LogP contribution in [-0.4, -0.2) is 12.6 Å². The lowest BCUT2D eigenvalue weighted by molar-refractivity contribution is -0.142. The molecule has 0 aliphatic heterocycles. The highest BCUT2D eigenvalue weighted by atomic mass is 16.5. The second-order valence-electron chi connectivity index (χ2n) is 3.60. The van der Waals surface area contributed by atoms with Gasteiger partial charge in [0.2, 0.25) is 0 Å². The van der Waals surface area contributed by atoms with Gasteiger partial charge in [0.1, 0.15) is 0 Å². The summed E-state index contributed by atoms with van der Waals surface area (Å²) in [6.07, 6.45) is 6.01. The Bertz CT molecular complexity index is 132. The van der Waals surface area contributed by atoms with Crippen LogP contribution in [-0.2, 0) is 9.53 Å². The summed E-state index contributed by atoms with van der Waals surface area (Å²) in [4.78, 5) is 10.6. The van der Waals surface area contributed by atoms with E-state index in [1.807, 2.05) is 0 Å². The van der Waals surface area contributed by atoms with Gasteiger partial charge in [-0.1, -0.05) is 33.1 Å². The van der Waals surface area contributed by atoms with Crippen LogP contribution in [0.3, 0.4) is 0 Å². The van der Waals surface area contributed by atoms with Crippen LogP contribution in [0.4, 0.5) is 0 Å². The molecule has 0 saturated heterocycles. The zero-order valence-electron chi connectivity index (χ0n) is 9.14. The summed E-state index contributed by atoms with van der Waals surface area (Å²) in [7, 11) is 0. The highest BCUT2D eigenvalue weighted by molar-refractivity contribution is 5.65. The molecule has 2 heteroatoms. The number of hydrogen-bond donors (Lipinski definition) is 0. The van der Waals surface area contributed by atoms with E-state index in [4.69, 9.17) is 4.74 Å². The van der Waals surface area contributed by atoms with Crippen molar-refractivity contribution in [1.29, 1.82) is 0 Å². The van der Waals surface area contributed by atoms with Gasteiger partial charge in [-0.2, -0.15) is 0 Å². The Hall–Kier alpha value is -0.530. The molecule has 1 unspecified atom stereocenters. The minimum Gasteiger partial charge on any atom is -0.466 e. The van der Waals surface area contributed by atoms with E-state index in [1.165, 1.54) is 39.0 Å². The summed E-state index contributed by atoms with van der Waals surface area (Å²) in [5.41, 5.74) is 0. The zero-order chi connectivity index (χ0) is 10.1. The fraction of sp³-hybridized carbons (Fsp3) is 0.909. The first kappa shape index (κ1) is 12.5. The molecule has 0 N–H and O–H groups in total. The average molecular weight is 186 g/mol. The third-order valence-electron chi connectivity index (χ3n) is 2.19. The summed E-state index contributed by atoms with van der Waals surface area (Å²) >= 11 is 0. The van der Waals surface area contributed by atoms with Crippen molar-refractivity contribution in [2.24, 2.45) is 5.92 Å². The summed E-state index contributed by atoms with van der Waals surface area (Å²) < 4.78 is 5.01. The predicted octanol–water partition coefficient (Wildman–Crippen LogP) is 3.16. The van der Waals surface area contributed by atoms with Crippen molar-refractivity contribution in [1.82, 2.24) is 0 Å². The van der Waals surface area contributed by atoms with E-state index in [-0.39, 0.29) is 5.97 Å². The SMILES string of the molecule is CCCCC(CCC)COC(C)=O. The maximum absolute atomic E-state index is 10.6. The van der Waals surface area contributed by atoms with Crippen LogP contribution in [0, 0.1) is 5.92 Å². The first-order valence-corrected chi connectivity index (χ1v) is 5.34. The molecule has 0 bridgehead atoms. The van der Waals surface area contributed by atoms with Crippen LogP contribution in [0.1, 0.15) is 52.9 Å². The number of esters is 1. The van der Waals surface area contributed by atoms with E-state index in [2.05, 4.69) is 13.8 Å². The van der Waals surface area contributed by atoms with Gasteiger partial charge in [-0.05, 0) is 18.8 Å². The second-order valence-corrected chi connectivity index (χ2v) is 3.60. The Kier molecular flexibility index (Phi) is 7.76. The summed E-state index contributed by atoms with van der Waals surface area (Å²) in [5.74, 6) is 0.423. The first-order valence-electron chi connectivity index (χ1n) is 5.34. The molecule has 0 aromatic rings. The lowest BCUT2D eigenvalue weighted by Crippen LogP contribution is -2.12. The number of hydrogen-bond acceptors (Lipinski definition) is 2. The second kappa shape index (κ2) is 8.09. The Labute approximate surface area is 81.7 Å². The fourth-order valence-corrected chi connectivity index (χ4v) is 1.45. The monoisotopic (exact) mass is 186 g/mol. The van der Waals surface area contributed by atoms with Gasteiger partial charge in [-0.15, -0.1) is 0 Å². The van der Waals surface area contributed by atoms with E-state index in [0.717, 1.165) is 0 Å². The Morgan fingerprint density at radius 3 is 2.38 bits per heavy atom. The molecule has 0 rings (SSSR count). The minimum atomic E-state index is -0.155. The van der Waals surface area contributed by atoms with Crippen molar-refractivity contribution < 1.29 is 9.53 Å². The lowest BCUT2D eigenvalue weighted by Gasteiger charge is -2.14. The molecule has 0 aliphatic rings. The molecule has 78 valence electrons. The third-order valence-corrected chi connectivity index (χ3v) is 2.19. The smallest absolute Gasteiger partial charge is 0.302 e. The topological polar surface area (TPSA) is 26.3 Å². The molecule has 0 heterocycles. The van der Waals surface area contributed by atoms with Crippen LogP contribution in [0.5, 0.6) is 0 Å². The maximum Gasteiger partial charge on any atom is 0.302 e. The molecule has 0 radical (unpaired) electrons. The van der Waals surface area contributed by atoms with Gasteiger partial charge in [0.15, 0.2) is 0 Å². The van der Waals surface area contributed by atoms with E-state index >= 15 is 0 Å². The molecule has 0 aliphatic carbocycles. The maximum atomic E-state index is 10.6. The highest BCUT2D eigenvalue weighted by Crippen LogP contribution is 2.15. The minimum absolute atomic E-state index is 0.155. The molecule has 0 aromatic carbocycles. The molecule has 0 spiro atoms. The van der Waals surface area contributed by atoms with E-state index in [0.29, 0.717) is 12.5 Å². The average Bonchev–Trinajstić information content (AvgIpc) is 2.09. The molecular weight excluding hydrogens is 164 g/mol. The van der Waals surface area contributed by atoms with Gasteiger partial charge in [-0.3, -0.25) is 4.79 Å². The summed E-state index contributed by atoms with van der Waals surface area (Å²) in [6.45, 7) is 6.45. The standard InChI is InChI=1S/C11H22O2/c1-4-6-8-11(7-5-2)9-13-10(3)12/h11H,4-9H2,1-3H3. The molecular formula is C11H22O2. The molecule has 13 heavy (non-hydrogen) atoms. The van der Waals surface area contributed by atoms with E-state index < -0.39 is 0 Å². The van der Waals surface area contributed by atoms with E-state index in [1.54, 1.807) is 0 Å². The number of unbranched alkanes of at least 4 members (excludes halogenated alkanes) is 1. The van der Waals surface area contributed by atoms with Crippen LogP contribution in [0.25, 0.3) is 0 Å². The van der Waals surface area contributed by atoms with Gasteiger partial charge >= 0.3 is 5.97 Å². The van der Waals surface area contributed by atoms with Crippen molar-refractivity contribution in [2.75, 3.05) is 6.61 Å². The van der Waals surface area contributed by atoms with Crippen LogP contribution >= 0.6 is 0 Å². The molecule has 0 amide bonds. The largest absolute Gasteiger partial charge is 0.466 e. The Morgan fingerprint density at radius 1 is 1.23 bits per heavy atom. The quantitative estimate of drug-likeness (QED) is 0.571. The van der Waals surface area contributed by atoms with Crippen molar-refractivity contribution in [3.63, 3.8) is 0 Å². The number of carbonyl (C=O) groups is 1. The van der Waals surface area contributed by atoms with Crippen molar-refractivity contribution in [2.45, 2.75) is 52.9 Å². The van der Waals surface area contributed by atoms with Gasteiger partial charge in [0.25, 0.3) is 0 Å². The van der Waals surface area contributed by atoms with Crippen LogP contribution < -0.4 is 0 Å². The highest BCUT2D eigenvalue weighted by Gasteiger charge is 2.08. The molecule has 0 aromatic heterocycles. The molecule has 2 nitrogen and oxygen atoms in total. The molecule has 0 fully saturated rings. The summed E-state index contributed by atoms with van der Waals surface area (Å²) in [5, 5.41) is 0. The number of rotatable bonds is 7. The number of ether oxygens (including phenoxy) is 1. The van der Waals surface area contributed by atoms with Crippen LogP contribution in [0.15, 0.2) is 0 Å². The normalized spacial score (nSPS) is 12.5. The van der Waals surface area contributed by atoms with Gasteiger partial charge in [-0.25, -0.2) is 0 Å². The van der Waals surface area contributed by atoms with E-state index in [9.17, 15) is 4.79 Å². The van der Waals surface area contributed by atoms with Gasteiger partial charge in [0.05, 0.1) is 6.61 Å². The van der Waals surface area contributed by atoms with Crippen LogP contribution in [0.2, 0.25) is 0 Å². The summed E-state index contributed by atoms with van der Waals surface area (Å²) in [6, 6.07) is 0. The predicted molar refractivity (Wildman–Crippen MR) is 54.6 cm³/mol. The van der Waals surface area contributed by atoms with Gasteiger partial charge in [0, 0.05) is 6.92 Å². The third kappa shape index (κ3) is 7.82.